The van der Waals surface area contributed by atoms with Gasteiger partial charge in [-0.3, -0.25) is 10.1 Å². The van der Waals surface area contributed by atoms with Crippen LogP contribution >= 0.6 is 0 Å². The quantitative estimate of drug-likeness (QED) is 0.569. The number of carboxylic acids is 1. The number of carboxylic acid groups (broad SMARTS) is 1. The Balaban J connectivity index is 3.06. The van der Waals surface area contributed by atoms with Crippen molar-refractivity contribution >= 4 is 17.5 Å². The Kier molecular flexibility index (Phi) is 5.19. The fraction of sp³-hybridized carbons (Fsp3) is 0.455. The summed E-state index contributed by atoms with van der Waals surface area (Å²) < 4.78 is 4.98. The third kappa shape index (κ3) is 3.88. The van der Waals surface area contributed by atoms with Crippen molar-refractivity contribution in [3.8, 4) is 0 Å². The molecule has 0 spiro atoms. The minimum Gasteiger partial charge on any atom is -0.478 e. The van der Waals surface area contributed by atoms with Crippen molar-refractivity contribution in [3.05, 3.63) is 27.9 Å². The minimum atomic E-state index is -1.26. The third-order valence-corrected chi connectivity index (χ3v) is 2.51. The third-order valence-electron chi connectivity index (χ3n) is 2.51. The van der Waals surface area contributed by atoms with Gasteiger partial charge in [0.2, 0.25) is 5.82 Å². The van der Waals surface area contributed by atoms with E-state index in [1.165, 1.54) is 7.11 Å². The minimum absolute atomic E-state index is 0.0406. The second-order valence-electron chi connectivity index (χ2n) is 3.86. The number of nitro groups is 1. The lowest BCUT2D eigenvalue weighted by molar-refractivity contribution is -0.384. The number of rotatable bonds is 7. The fourth-order valence-corrected chi connectivity index (χ4v) is 1.48. The number of nitrogens with one attached hydrogen (secondary N) is 1. The molecule has 1 rings (SSSR count). The van der Waals surface area contributed by atoms with E-state index in [1.807, 2.05) is 6.92 Å². The van der Waals surface area contributed by atoms with Gasteiger partial charge in [0.05, 0.1) is 23.1 Å². The molecule has 0 saturated carbocycles. The highest BCUT2D eigenvalue weighted by atomic mass is 16.6. The summed E-state index contributed by atoms with van der Waals surface area (Å²) >= 11 is 0. The van der Waals surface area contributed by atoms with Crippen molar-refractivity contribution in [1.29, 1.82) is 0 Å². The number of aromatic nitrogens is 1. The number of methoxy groups -OCH3 is 1. The first kappa shape index (κ1) is 14.8. The number of carbonyl (C=O) groups is 1. The maximum absolute atomic E-state index is 10.9. The lowest BCUT2D eigenvalue weighted by atomic mass is 10.2. The summed E-state index contributed by atoms with van der Waals surface area (Å²) in [5.41, 5.74) is -0.591. The molecule has 0 amide bonds. The highest BCUT2D eigenvalue weighted by Gasteiger charge is 2.20. The fourth-order valence-electron chi connectivity index (χ4n) is 1.48. The number of nitrogens with zero attached hydrogens (tertiary/aromatic N) is 2. The Bertz CT molecular complexity index is 477. The van der Waals surface area contributed by atoms with Crippen molar-refractivity contribution in [2.45, 2.75) is 19.4 Å². The maximum Gasteiger partial charge on any atom is 0.337 e. The van der Waals surface area contributed by atoms with E-state index >= 15 is 0 Å². The first-order valence-electron chi connectivity index (χ1n) is 5.62. The van der Waals surface area contributed by atoms with E-state index in [4.69, 9.17) is 9.84 Å². The van der Waals surface area contributed by atoms with Gasteiger partial charge in [0, 0.05) is 19.4 Å². The number of hydrogen-bond acceptors (Lipinski definition) is 6. The van der Waals surface area contributed by atoms with Crippen molar-refractivity contribution < 1.29 is 19.6 Å². The number of anilines is 1. The van der Waals surface area contributed by atoms with Crippen LogP contribution in [0.1, 0.15) is 23.7 Å². The van der Waals surface area contributed by atoms with Crippen LogP contribution in [0.4, 0.5) is 11.5 Å². The molecule has 0 aliphatic carbocycles. The van der Waals surface area contributed by atoms with Crippen LogP contribution < -0.4 is 5.32 Å². The number of ether oxygens (including phenoxy) is 1. The smallest absolute Gasteiger partial charge is 0.337 e. The molecule has 0 aromatic carbocycles. The van der Waals surface area contributed by atoms with Crippen molar-refractivity contribution in [3.63, 3.8) is 0 Å². The van der Waals surface area contributed by atoms with E-state index in [0.717, 1.165) is 12.3 Å². The van der Waals surface area contributed by atoms with Gasteiger partial charge in [0.25, 0.3) is 0 Å². The average Bonchev–Trinajstić information content (AvgIpc) is 2.37. The van der Waals surface area contributed by atoms with Crippen LogP contribution in [0.15, 0.2) is 12.3 Å². The second kappa shape index (κ2) is 6.64. The Morgan fingerprint density at radius 2 is 2.37 bits per heavy atom. The zero-order valence-corrected chi connectivity index (χ0v) is 10.6. The Hall–Kier alpha value is -2.22. The molecular weight excluding hydrogens is 254 g/mol. The zero-order chi connectivity index (χ0) is 14.4. The van der Waals surface area contributed by atoms with Gasteiger partial charge in [0.15, 0.2) is 0 Å². The highest BCUT2D eigenvalue weighted by Crippen LogP contribution is 2.23. The van der Waals surface area contributed by atoms with Crippen LogP contribution in [0.5, 0.6) is 0 Å². The largest absolute Gasteiger partial charge is 0.478 e. The number of hydrogen-bond donors (Lipinski definition) is 2. The van der Waals surface area contributed by atoms with Gasteiger partial charge in [-0.2, -0.15) is 0 Å². The highest BCUT2D eigenvalue weighted by molar-refractivity contribution is 5.88. The van der Waals surface area contributed by atoms with Gasteiger partial charge in [-0.15, -0.1) is 0 Å². The van der Waals surface area contributed by atoms with Crippen LogP contribution in [0, 0.1) is 10.1 Å². The van der Waals surface area contributed by atoms with E-state index in [2.05, 4.69) is 10.3 Å². The molecule has 0 bridgehead atoms. The first-order chi connectivity index (χ1) is 8.99. The first-order valence-corrected chi connectivity index (χ1v) is 5.62. The predicted octanol–water partition coefficient (Wildman–Crippen LogP) is 1.52. The summed E-state index contributed by atoms with van der Waals surface area (Å²) in [5.74, 6) is -1.22. The Labute approximate surface area is 109 Å². The molecular formula is C11H15N3O5. The van der Waals surface area contributed by atoms with Gasteiger partial charge < -0.3 is 15.2 Å². The van der Waals surface area contributed by atoms with E-state index in [-0.39, 0.29) is 23.1 Å². The van der Waals surface area contributed by atoms with Gasteiger partial charge in [-0.1, -0.05) is 6.92 Å². The van der Waals surface area contributed by atoms with Gasteiger partial charge in [-0.05, 0) is 6.42 Å². The average molecular weight is 269 g/mol. The topological polar surface area (TPSA) is 115 Å². The Morgan fingerprint density at radius 1 is 1.68 bits per heavy atom. The van der Waals surface area contributed by atoms with Gasteiger partial charge in [0.1, 0.15) is 0 Å². The summed E-state index contributed by atoms with van der Waals surface area (Å²) in [7, 11) is 1.53. The van der Waals surface area contributed by atoms with Crippen LogP contribution in [-0.4, -0.2) is 40.7 Å². The van der Waals surface area contributed by atoms with Crippen LogP contribution in [0.2, 0.25) is 0 Å². The molecule has 104 valence electrons. The summed E-state index contributed by atoms with van der Waals surface area (Å²) in [4.78, 5) is 24.8. The molecule has 2 N–H and O–H groups in total. The van der Waals surface area contributed by atoms with Crippen molar-refractivity contribution in [1.82, 2.24) is 4.98 Å². The monoisotopic (exact) mass is 269 g/mol. The lowest BCUT2D eigenvalue weighted by Crippen LogP contribution is -2.25. The van der Waals surface area contributed by atoms with Crippen LogP contribution in [0.3, 0.4) is 0 Å². The standard InChI is InChI=1S/C11H15N3O5/c1-3-8(6-19-2)13-10-9(14(17)18)4-7(5-12-10)11(15)16/h4-5,8H,3,6H2,1-2H3,(H,12,13)(H,15,16). The lowest BCUT2D eigenvalue weighted by Gasteiger charge is -2.16. The molecule has 1 unspecified atom stereocenters. The molecule has 1 aromatic rings. The predicted molar refractivity (Wildman–Crippen MR) is 67.4 cm³/mol. The van der Waals surface area contributed by atoms with Gasteiger partial charge >= 0.3 is 11.7 Å². The Morgan fingerprint density at radius 3 is 2.84 bits per heavy atom. The van der Waals surface area contributed by atoms with E-state index < -0.39 is 10.9 Å². The molecule has 0 radical (unpaired) electrons. The summed E-state index contributed by atoms with van der Waals surface area (Å²) in [6, 6.07) is 0.851. The molecule has 0 aliphatic heterocycles. The molecule has 19 heavy (non-hydrogen) atoms. The molecule has 1 atom stereocenters. The number of pyridine rings is 1. The molecule has 8 heteroatoms. The van der Waals surface area contributed by atoms with E-state index in [9.17, 15) is 14.9 Å². The van der Waals surface area contributed by atoms with E-state index in [1.54, 1.807) is 0 Å². The van der Waals surface area contributed by atoms with Crippen molar-refractivity contribution in [2.24, 2.45) is 0 Å². The maximum atomic E-state index is 10.9. The molecule has 0 aliphatic rings. The van der Waals surface area contributed by atoms with Crippen LogP contribution in [0.25, 0.3) is 0 Å². The molecule has 1 heterocycles. The molecule has 1 aromatic heterocycles. The summed E-state index contributed by atoms with van der Waals surface area (Å²) in [6.45, 7) is 2.27. The second-order valence-corrected chi connectivity index (χ2v) is 3.86. The van der Waals surface area contributed by atoms with Gasteiger partial charge in [-0.25, -0.2) is 9.78 Å². The summed E-state index contributed by atoms with van der Waals surface area (Å²) in [5, 5.41) is 22.6. The molecule has 8 nitrogen and oxygen atoms in total. The normalized spacial score (nSPS) is 11.9. The van der Waals surface area contributed by atoms with Crippen molar-refractivity contribution in [2.75, 3.05) is 19.0 Å². The zero-order valence-electron chi connectivity index (χ0n) is 10.6. The summed E-state index contributed by atoms with van der Waals surface area (Å²) in [6.07, 6.45) is 1.77. The van der Waals surface area contributed by atoms with E-state index in [0.29, 0.717) is 13.0 Å². The molecule has 0 saturated heterocycles. The SMILES string of the molecule is CCC(COC)Nc1ncc(C(=O)O)cc1[N+](=O)[O-]. The van der Waals surface area contributed by atoms with Crippen LogP contribution in [-0.2, 0) is 4.74 Å². The molecule has 0 fully saturated rings. The number of aromatic carboxylic acids is 1.